The van der Waals surface area contributed by atoms with Gasteiger partial charge >= 0.3 is 6.18 Å². The third kappa shape index (κ3) is 1.28. The molecule has 0 saturated heterocycles. The molecule has 6 heteroatoms. The number of halogens is 3. The number of H-pyrrole nitrogens is 1. The van der Waals surface area contributed by atoms with Gasteiger partial charge in [-0.15, -0.1) is 5.10 Å². The van der Waals surface area contributed by atoms with Crippen LogP contribution in [0, 0.1) is 0 Å². The monoisotopic (exact) mass is 177 g/mol. The molecule has 0 atom stereocenters. The van der Waals surface area contributed by atoms with Crippen LogP contribution in [0.1, 0.15) is 30.4 Å². The maximum absolute atomic E-state index is 11.9. The third-order valence-electron chi connectivity index (χ3n) is 1.72. The molecular weight excluding hydrogens is 171 g/mol. The molecule has 0 radical (unpaired) electrons. The number of hydrogen-bond donors (Lipinski definition) is 1. The minimum Gasteiger partial charge on any atom is -0.262 e. The van der Waals surface area contributed by atoms with Crippen LogP contribution in [0.2, 0.25) is 0 Å². The van der Waals surface area contributed by atoms with Gasteiger partial charge in [-0.25, -0.2) is 4.98 Å². The summed E-state index contributed by atoms with van der Waals surface area (Å²) in [5, 5.41) is 5.38. The first-order chi connectivity index (χ1) is 5.57. The Balaban J connectivity index is 2.23. The lowest BCUT2D eigenvalue weighted by molar-refractivity contribution is -0.144. The lowest BCUT2D eigenvalue weighted by Crippen LogP contribution is -2.07. The van der Waals surface area contributed by atoms with Crippen LogP contribution in [0.4, 0.5) is 13.2 Å². The highest BCUT2D eigenvalue weighted by atomic mass is 19.4. The Morgan fingerprint density at radius 1 is 1.33 bits per heavy atom. The molecular formula is C6H6F3N3. The van der Waals surface area contributed by atoms with Crippen molar-refractivity contribution in [2.45, 2.75) is 24.9 Å². The van der Waals surface area contributed by atoms with Gasteiger partial charge in [-0.1, -0.05) is 0 Å². The molecule has 0 amide bonds. The van der Waals surface area contributed by atoms with Crippen LogP contribution in [0.25, 0.3) is 0 Å². The average Bonchev–Trinajstić information content (AvgIpc) is 2.66. The van der Waals surface area contributed by atoms with Gasteiger partial charge in [0.2, 0.25) is 0 Å². The summed E-state index contributed by atoms with van der Waals surface area (Å²) >= 11 is 0. The van der Waals surface area contributed by atoms with E-state index in [0.29, 0.717) is 5.82 Å². The summed E-state index contributed by atoms with van der Waals surface area (Å²) in [6.07, 6.45) is -2.61. The summed E-state index contributed by atoms with van der Waals surface area (Å²) in [7, 11) is 0. The topological polar surface area (TPSA) is 41.6 Å². The second-order valence-electron chi connectivity index (χ2n) is 2.82. The van der Waals surface area contributed by atoms with Gasteiger partial charge in [-0.3, -0.25) is 5.10 Å². The van der Waals surface area contributed by atoms with E-state index in [-0.39, 0.29) is 5.92 Å². The van der Waals surface area contributed by atoms with Crippen molar-refractivity contribution >= 4 is 0 Å². The minimum atomic E-state index is -4.43. The molecule has 0 unspecified atom stereocenters. The number of alkyl halides is 3. The molecule has 1 aromatic rings. The quantitative estimate of drug-likeness (QED) is 0.709. The predicted molar refractivity (Wildman–Crippen MR) is 33.4 cm³/mol. The van der Waals surface area contributed by atoms with Crippen LogP contribution in [-0.4, -0.2) is 15.2 Å². The zero-order chi connectivity index (χ0) is 8.77. The van der Waals surface area contributed by atoms with Crippen molar-refractivity contribution in [3.63, 3.8) is 0 Å². The number of hydrogen-bond acceptors (Lipinski definition) is 2. The molecule has 0 aromatic carbocycles. The van der Waals surface area contributed by atoms with Crippen LogP contribution >= 0.6 is 0 Å². The van der Waals surface area contributed by atoms with Gasteiger partial charge in [0, 0.05) is 5.92 Å². The van der Waals surface area contributed by atoms with Gasteiger partial charge in [0.25, 0.3) is 5.82 Å². The number of nitrogens with one attached hydrogen (secondary N) is 1. The Labute approximate surface area is 66.0 Å². The van der Waals surface area contributed by atoms with Crippen molar-refractivity contribution in [2.75, 3.05) is 0 Å². The molecule has 66 valence electrons. The Morgan fingerprint density at radius 3 is 2.42 bits per heavy atom. The van der Waals surface area contributed by atoms with Crippen LogP contribution in [0.15, 0.2) is 0 Å². The molecule has 0 bridgehead atoms. The Bertz CT molecular complexity index is 286. The van der Waals surface area contributed by atoms with Gasteiger partial charge in [0.15, 0.2) is 0 Å². The standard InChI is InChI=1S/C6H6F3N3/c7-6(8,9)5-10-4(11-12-5)3-1-2-3/h3H,1-2H2,(H,10,11,12). The average molecular weight is 177 g/mol. The van der Waals surface area contributed by atoms with Crippen LogP contribution in [0.3, 0.4) is 0 Å². The fraction of sp³-hybridized carbons (Fsp3) is 0.667. The highest BCUT2D eigenvalue weighted by Crippen LogP contribution is 2.38. The molecule has 1 fully saturated rings. The Morgan fingerprint density at radius 2 is 2.00 bits per heavy atom. The fourth-order valence-electron chi connectivity index (χ4n) is 0.940. The normalized spacial score (nSPS) is 18.2. The highest BCUT2D eigenvalue weighted by molar-refractivity contribution is 5.06. The third-order valence-corrected chi connectivity index (χ3v) is 1.72. The smallest absolute Gasteiger partial charge is 0.262 e. The second-order valence-corrected chi connectivity index (χ2v) is 2.82. The SMILES string of the molecule is FC(F)(F)c1n[nH]c(C2CC2)n1. The van der Waals surface area contributed by atoms with Gasteiger partial charge in [-0.05, 0) is 12.8 Å². The first-order valence-electron chi connectivity index (χ1n) is 3.57. The number of nitrogens with zero attached hydrogens (tertiary/aromatic N) is 2. The first kappa shape index (κ1) is 7.57. The zero-order valence-corrected chi connectivity index (χ0v) is 6.02. The predicted octanol–water partition coefficient (Wildman–Crippen LogP) is 1.70. The van der Waals surface area contributed by atoms with Crippen molar-refractivity contribution in [2.24, 2.45) is 0 Å². The van der Waals surface area contributed by atoms with E-state index in [1.54, 1.807) is 0 Å². The molecule has 3 nitrogen and oxygen atoms in total. The lowest BCUT2D eigenvalue weighted by atomic mass is 10.4. The maximum atomic E-state index is 11.9. The molecule has 0 aliphatic heterocycles. The number of aromatic amines is 1. The molecule has 1 aliphatic rings. The van der Waals surface area contributed by atoms with Gasteiger partial charge in [0.1, 0.15) is 5.82 Å². The summed E-state index contributed by atoms with van der Waals surface area (Å²) in [5.41, 5.74) is 0. The van der Waals surface area contributed by atoms with E-state index in [0.717, 1.165) is 12.8 Å². The summed E-state index contributed by atoms with van der Waals surface area (Å²) in [5.74, 6) is -0.527. The molecule has 12 heavy (non-hydrogen) atoms. The summed E-state index contributed by atoms with van der Waals surface area (Å²) in [4.78, 5) is 3.35. The summed E-state index contributed by atoms with van der Waals surface area (Å²) < 4.78 is 35.8. The van der Waals surface area contributed by atoms with Crippen molar-refractivity contribution in [1.29, 1.82) is 0 Å². The van der Waals surface area contributed by atoms with Crippen LogP contribution in [0.5, 0.6) is 0 Å². The van der Waals surface area contributed by atoms with E-state index in [4.69, 9.17) is 0 Å². The molecule has 1 saturated carbocycles. The summed E-state index contributed by atoms with van der Waals surface area (Å²) in [6.45, 7) is 0. The van der Waals surface area contributed by atoms with Gasteiger partial charge < -0.3 is 0 Å². The van der Waals surface area contributed by atoms with Gasteiger partial charge in [-0.2, -0.15) is 13.2 Å². The Kier molecular flexibility index (Phi) is 1.39. The van der Waals surface area contributed by atoms with Crippen molar-refractivity contribution < 1.29 is 13.2 Å². The molecule has 1 N–H and O–H groups in total. The minimum absolute atomic E-state index is 0.175. The number of rotatable bonds is 1. The van der Waals surface area contributed by atoms with Crippen LogP contribution in [-0.2, 0) is 6.18 Å². The van der Waals surface area contributed by atoms with E-state index >= 15 is 0 Å². The maximum Gasteiger partial charge on any atom is 0.453 e. The van der Waals surface area contributed by atoms with Crippen molar-refractivity contribution in [1.82, 2.24) is 15.2 Å². The van der Waals surface area contributed by atoms with Crippen molar-refractivity contribution in [3.05, 3.63) is 11.6 Å². The Hall–Kier alpha value is -1.07. The summed E-state index contributed by atoms with van der Waals surface area (Å²) in [6, 6.07) is 0. The molecule has 2 rings (SSSR count). The zero-order valence-electron chi connectivity index (χ0n) is 6.02. The van der Waals surface area contributed by atoms with E-state index in [2.05, 4.69) is 15.2 Å². The molecule has 1 aromatic heterocycles. The van der Waals surface area contributed by atoms with E-state index < -0.39 is 12.0 Å². The number of aromatic nitrogens is 3. The molecule has 0 spiro atoms. The highest BCUT2D eigenvalue weighted by Gasteiger charge is 2.38. The lowest BCUT2D eigenvalue weighted by Gasteiger charge is -1.97. The largest absolute Gasteiger partial charge is 0.453 e. The fourth-order valence-corrected chi connectivity index (χ4v) is 0.940. The van der Waals surface area contributed by atoms with E-state index in [1.807, 2.05) is 0 Å². The van der Waals surface area contributed by atoms with Crippen molar-refractivity contribution in [3.8, 4) is 0 Å². The molecule has 1 heterocycles. The molecule has 1 aliphatic carbocycles. The van der Waals surface area contributed by atoms with Gasteiger partial charge in [0.05, 0.1) is 0 Å². The van der Waals surface area contributed by atoms with E-state index in [1.165, 1.54) is 0 Å². The first-order valence-corrected chi connectivity index (χ1v) is 3.57. The second kappa shape index (κ2) is 2.21. The van der Waals surface area contributed by atoms with Crippen LogP contribution < -0.4 is 0 Å². The van der Waals surface area contributed by atoms with E-state index in [9.17, 15) is 13.2 Å².